The first-order chi connectivity index (χ1) is 14.6. The fourth-order valence-electron chi connectivity index (χ4n) is 4.02. The quantitative estimate of drug-likeness (QED) is 0.634. The van der Waals surface area contributed by atoms with Crippen LogP contribution in [0.15, 0.2) is 54.4 Å². The molecule has 1 aromatic carbocycles. The van der Waals surface area contributed by atoms with E-state index in [0.717, 1.165) is 5.56 Å². The van der Waals surface area contributed by atoms with E-state index in [2.05, 4.69) is 51.1 Å². The van der Waals surface area contributed by atoms with Crippen molar-refractivity contribution in [1.82, 2.24) is 25.0 Å². The van der Waals surface area contributed by atoms with Crippen molar-refractivity contribution in [2.45, 2.75) is 26.3 Å². The van der Waals surface area contributed by atoms with Gasteiger partial charge in [0.25, 0.3) is 0 Å². The zero-order valence-corrected chi connectivity index (χ0v) is 17.8. The Hall–Kier alpha value is -3.00. The molecule has 0 saturated carbocycles. The molecule has 30 heavy (non-hydrogen) atoms. The van der Waals surface area contributed by atoms with Crippen LogP contribution in [0, 0.1) is 5.41 Å². The van der Waals surface area contributed by atoms with Crippen molar-refractivity contribution in [2.24, 2.45) is 5.41 Å². The van der Waals surface area contributed by atoms with Gasteiger partial charge in [0.2, 0.25) is 11.8 Å². The molecule has 0 radical (unpaired) electrons. The highest BCUT2D eigenvalue weighted by Gasteiger charge is 2.45. The van der Waals surface area contributed by atoms with Crippen molar-refractivity contribution >= 4 is 23.2 Å². The number of carbonyl (C=O) groups excluding carboxylic acids is 2. The number of amides is 2. The monoisotopic (exact) mass is 423 g/mol. The Kier molecular flexibility index (Phi) is 5.94. The van der Waals surface area contributed by atoms with E-state index in [9.17, 15) is 9.59 Å². The molecule has 1 aliphatic rings. The van der Waals surface area contributed by atoms with Gasteiger partial charge in [0, 0.05) is 24.5 Å². The van der Waals surface area contributed by atoms with Crippen LogP contribution in [0.5, 0.6) is 0 Å². The lowest BCUT2D eigenvalue weighted by Crippen LogP contribution is -2.45. The number of thiophene rings is 1. The van der Waals surface area contributed by atoms with Crippen molar-refractivity contribution in [3.05, 3.63) is 60.0 Å². The molecule has 3 aromatic rings. The molecule has 1 saturated heterocycles. The average Bonchev–Trinajstić information content (AvgIpc) is 3.51. The molecule has 156 valence electrons. The van der Waals surface area contributed by atoms with E-state index < -0.39 is 5.41 Å². The number of hydrogen-bond acceptors (Lipinski definition) is 5. The maximum Gasteiger partial charge on any atom is 0.244 e. The third kappa shape index (κ3) is 4.28. The van der Waals surface area contributed by atoms with Gasteiger partial charge in [-0.1, -0.05) is 30.3 Å². The Morgan fingerprint density at radius 3 is 2.73 bits per heavy atom. The van der Waals surface area contributed by atoms with Gasteiger partial charge >= 0.3 is 0 Å². The first kappa shape index (κ1) is 20.3. The summed E-state index contributed by atoms with van der Waals surface area (Å²) in [6.07, 6.45) is 4.20. The van der Waals surface area contributed by atoms with Gasteiger partial charge in [0.05, 0.1) is 5.41 Å². The number of carbonyl (C=O) groups is 2. The second-order valence-electron chi connectivity index (χ2n) is 7.65. The fraction of sp³-hybridized carbons (Fsp3) is 0.364. The summed E-state index contributed by atoms with van der Waals surface area (Å²) in [7, 11) is 0. The van der Waals surface area contributed by atoms with E-state index in [1.165, 1.54) is 27.8 Å². The van der Waals surface area contributed by atoms with Gasteiger partial charge in [-0.3, -0.25) is 9.59 Å². The van der Waals surface area contributed by atoms with Crippen LogP contribution in [0.4, 0.5) is 0 Å². The molecule has 1 atom stereocenters. The van der Waals surface area contributed by atoms with Crippen LogP contribution >= 0.6 is 11.3 Å². The minimum absolute atomic E-state index is 0.0170. The lowest BCUT2D eigenvalue weighted by molar-refractivity contribution is -0.133. The highest BCUT2D eigenvalue weighted by atomic mass is 32.1. The van der Waals surface area contributed by atoms with Gasteiger partial charge in [-0.05, 0) is 42.3 Å². The van der Waals surface area contributed by atoms with Crippen LogP contribution in [0.2, 0.25) is 0 Å². The van der Waals surface area contributed by atoms with E-state index in [4.69, 9.17) is 0 Å². The third-order valence-corrected chi connectivity index (χ3v) is 6.51. The van der Waals surface area contributed by atoms with Crippen LogP contribution in [-0.2, 0) is 22.6 Å². The SMILES string of the molecule is CCNC(=O)[C@]1(Cc2ccc(-c3cccs3)cc2)CCN(C(=O)Cn2cncn2)C1. The highest BCUT2D eigenvalue weighted by molar-refractivity contribution is 7.13. The molecule has 7 nitrogen and oxygen atoms in total. The molecule has 4 rings (SSSR count). The molecule has 3 heterocycles. The maximum atomic E-state index is 13.0. The zero-order chi connectivity index (χ0) is 21.0. The van der Waals surface area contributed by atoms with Crippen molar-refractivity contribution in [2.75, 3.05) is 19.6 Å². The average molecular weight is 424 g/mol. The lowest BCUT2D eigenvalue weighted by atomic mass is 9.79. The molecule has 0 bridgehead atoms. The summed E-state index contributed by atoms with van der Waals surface area (Å²) in [5.41, 5.74) is 1.67. The molecule has 1 fully saturated rings. The van der Waals surface area contributed by atoms with E-state index in [0.29, 0.717) is 32.5 Å². The summed E-state index contributed by atoms with van der Waals surface area (Å²) in [4.78, 5) is 32.6. The highest BCUT2D eigenvalue weighted by Crippen LogP contribution is 2.35. The standard InChI is InChI=1S/C22H25N5O2S/c1-2-24-21(29)22(9-10-26(14-22)20(28)13-27-16-23-15-25-27)12-17-5-7-18(8-6-17)19-4-3-11-30-19/h3-8,11,15-16H,2,9-10,12-14H2,1H3,(H,24,29)/t22-/m0/s1. The Morgan fingerprint density at radius 2 is 2.07 bits per heavy atom. The zero-order valence-electron chi connectivity index (χ0n) is 17.0. The van der Waals surface area contributed by atoms with Crippen molar-refractivity contribution in [3.8, 4) is 10.4 Å². The van der Waals surface area contributed by atoms with Crippen LogP contribution < -0.4 is 5.32 Å². The third-order valence-electron chi connectivity index (χ3n) is 5.59. The van der Waals surface area contributed by atoms with Crippen molar-refractivity contribution in [3.63, 3.8) is 0 Å². The summed E-state index contributed by atoms with van der Waals surface area (Å²) in [5, 5.41) is 9.06. The molecular weight excluding hydrogens is 398 g/mol. The van der Waals surface area contributed by atoms with Crippen LogP contribution in [0.1, 0.15) is 18.9 Å². The summed E-state index contributed by atoms with van der Waals surface area (Å²) in [6, 6.07) is 12.5. The Morgan fingerprint density at radius 1 is 1.23 bits per heavy atom. The molecule has 8 heteroatoms. The molecule has 0 spiro atoms. The van der Waals surface area contributed by atoms with Crippen molar-refractivity contribution < 1.29 is 9.59 Å². The Labute approximate surface area is 179 Å². The number of benzene rings is 1. The number of rotatable bonds is 7. The lowest BCUT2D eigenvalue weighted by Gasteiger charge is -2.28. The van der Waals surface area contributed by atoms with Gasteiger partial charge in [-0.2, -0.15) is 5.10 Å². The summed E-state index contributed by atoms with van der Waals surface area (Å²) >= 11 is 1.71. The fourth-order valence-corrected chi connectivity index (χ4v) is 4.75. The molecule has 2 amide bonds. The largest absolute Gasteiger partial charge is 0.356 e. The first-order valence-corrected chi connectivity index (χ1v) is 11.0. The smallest absolute Gasteiger partial charge is 0.244 e. The van der Waals surface area contributed by atoms with Gasteiger partial charge < -0.3 is 10.2 Å². The number of nitrogens with zero attached hydrogens (tertiary/aromatic N) is 4. The van der Waals surface area contributed by atoms with Gasteiger partial charge in [0.15, 0.2) is 0 Å². The van der Waals surface area contributed by atoms with E-state index in [-0.39, 0.29) is 18.4 Å². The van der Waals surface area contributed by atoms with Gasteiger partial charge in [0.1, 0.15) is 19.2 Å². The maximum absolute atomic E-state index is 13.0. The number of nitrogens with one attached hydrogen (secondary N) is 1. The second-order valence-corrected chi connectivity index (χ2v) is 8.60. The molecule has 0 unspecified atom stereocenters. The van der Waals surface area contributed by atoms with Gasteiger partial charge in [-0.15, -0.1) is 11.3 Å². The normalized spacial score (nSPS) is 18.5. The van der Waals surface area contributed by atoms with Crippen LogP contribution in [0.25, 0.3) is 10.4 Å². The summed E-state index contributed by atoms with van der Waals surface area (Å²) in [6.45, 7) is 3.62. The summed E-state index contributed by atoms with van der Waals surface area (Å²) in [5.74, 6) is -0.0249. The topological polar surface area (TPSA) is 80.1 Å². The first-order valence-electron chi connectivity index (χ1n) is 10.1. The number of aromatic nitrogens is 3. The molecule has 2 aromatic heterocycles. The Bertz CT molecular complexity index is 985. The molecule has 1 aliphatic heterocycles. The van der Waals surface area contributed by atoms with Crippen LogP contribution in [0.3, 0.4) is 0 Å². The van der Waals surface area contributed by atoms with E-state index in [1.807, 2.05) is 13.0 Å². The van der Waals surface area contributed by atoms with Crippen molar-refractivity contribution in [1.29, 1.82) is 0 Å². The summed E-state index contributed by atoms with van der Waals surface area (Å²) < 4.78 is 1.51. The second kappa shape index (κ2) is 8.79. The van der Waals surface area contributed by atoms with E-state index in [1.54, 1.807) is 16.2 Å². The predicted molar refractivity (Wildman–Crippen MR) is 116 cm³/mol. The molecular formula is C22H25N5O2S. The number of likely N-dealkylation sites (tertiary alicyclic amines) is 1. The number of hydrogen-bond donors (Lipinski definition) is 1. The Balaban J connectivity index is 1.50. The van der Waals surface area contributed by atoms with Crippen LogP contribution in [-0.4, -0.2) is 51.1 Å². The van der Waals surface area contributed by atoms with E-state index >= 15 is 0 Å². The molecule has 1 N–H and O–H groups in total. The minimum atomic E-state index is -0.613. The minimum Gasteiger partial charge on any atom is -0.356 e. The molecule has 0 aliphatic carbocycles. The predicted octanol–water partition coefficient (Wildman–Crippen LogP) is 2.60. The van der Waals surface area contributed by atoms with Gasteiger partial charge in [-0.25, -0.2) is 9.67 Å².